The van der Waals surface area contributed by atoms with Crippen molar-refractivity contribution in [3.05, 3.63) is 0 Å². The second-order valence-corrected chi connectivity index (χ2v) is 5.08. The fourth-order valence-electron chi connectivity index (χ4n) is 1.34. The molecule has 1 saturated carbocycles. The quantitative estimate of drug-likeness (QED) is 0.727. The van der Waals surface area contributed by atoms with E-state index in [0.717, 1.165) is 25.1 Å². The van der Waals surface area contributed by atoms with Gasteiger partial charge in [0, 0.05) is 17.5 Å². The van der Waals surface area contributed by atoms with E-state index in [-0.39, 0.29) is 5.92 Å². The van der Waals surface area contributed by atoms with Gasteiger partial charge in [0.2, 0.25) is 0 Å². The number of hydrogen-bond donors (Lipinski definition) is 1. The van der Waals surface area contributed by atoms with E-state index in [2.05, 4.69) is 4.90 Å². The van der Waals surface area contributed by atoms with Gasteiger partial charge in [0.1, 0.15) is 0 Å². The maximum absolute atomic E-state index is 10.7. The van der Waals surface area contributed by atoms with Crippen LogP contribution < -0.4 is 0 Å². The zero-order valence-electron chi connectivity index (χ0n) is 8.19. The average molecular weight is 203 g/mol. The summed E-state index contributed by atoms with van der Waals surface area (Å²) in [4.78, 5) is 12.8. The van der Waals surface area contributed by atoms with Crippen molar-refractivity contribution in [3.63, 3.8) is 0 Å². The molecule has 0 aliphatic heterocycles. The van der Waals surface area contributed by atoms with Crippen molar-refractivity contribution in [2.45, 2.75) is 18.1 Å². The van der Waals surface area contributed by atoms with Crippen molar-refractivity contribution in [2.24, 2.45) is 5.92 Å². The minimum Gasteiger partial charge on any atom is -0.481 e. The second kappa shape index (κ2) is 4.86. The summed E-state index contributed by atoms with van der Waals surface area (Å²) >= 11 is 1.81. The normalized spacial score (nSPS) is 27.3. The fraction of sp³-hybridized carbons (Fsp3) is 0.889. The van der Waals surface area contributed by atoms with Crippen LogP contribution in [0.2, 0.25) is 0 Å². The van der Waals surface area contributed by atoms with Gasteiger partial charge in [-0.05, 0) is 26.9 Å². The van der Waals surface area contributed by atoms with Crippen molar-refractivity contribution >= 4 is 17.7 Å². The summed E-state index contributed by atoms with van der Waals surface area (Å²) < 4.78 is 0. The molecule has 4 heteroatoms. The van der Waals surface area contributed by atoms with Gasteiger partial charge in [0.15, 0.2) is 0 Å². The van der Waals surface area contributed by atoms with Gasteiger partial charge in [-0.25, -0.2) is 0 Å². The van der Waals surface area contributed by atoms with Gasteiger partial charge >= 0.3 is 5.97 Å². The van der Waals surface area contributed by atoms with E-state index in [9.17, 15) is 4.79 Å². The Kier molecular flexibility index (Phi) is 4.06. The molecule has 13 heavy (non-hydrogen) atoms. The molecule has 0 aromatic rings. The van der Waals surface area contributed by atoms with Crippen LogP contribution in [0.4, 0.5) is 0 Å². The van der Waals surface area contributed by atoms with E-state index < -0.39 is 5.97 Å². The summed E-state index contributed by atoms with van der Waals surface area (Å²) in [5, 5.41) is 9.16. The minimum atomic E-state index is -0.617. The molecule has 2 unspecified atom stereocenters. The molecule has 76 valence electrons. The number of carboxylic acid groups (broad SMARTS) is 1. The highest BCUT2D eigenvalue weighted by molar-refractivity contribution is 8.00. The van der Waals surface area contributed by atoms with E-state index in [1.807, 2.05) is 14.1 Å². The number of aliphatic carboxylic acids is 1. The zero-order chi connectivity index (χ0) is 9.84. The van der Waals surface area contributed by atoms with Crippen LogP contribution in [0.25, 0.3) is 0 Å². The first-order valence-electron chi connectivity index (χ1n) is 4.60. The standard InChI is InChI=1S/C9H17NO2S/c1-10(2)5-6-13-8-4-3-7(8)9(11)12/h7-8H,3-6H2,1-2H3,(H,11,12). The highest BCUT2D eigenvalue weighted by atomic mass is 32.2. The Labute approximate surface area is 83.5 Å². The smallest absolute Gasteiger partial charge is 0.307 e. The van der Waals surface area contributed by atoms with Gasteiger partial charge in [-0.15, -0.1) is 0 Å². The zero-order valence-corrected chi connectivity index (χ0v) is 9.01. The SMILES string of the molecule is CN(C)CCSC1CCC1C(=O)O. The van der Waals surface area contributed by atoms with Gasteiger partial charge in [0.05, 0.1) is 5.92 Å². The van der Waals surface area contributed by atoms with E-state index in [0.29, 0.717) is 5.25 Å². The molecular weight excluding hydrogens is 186 g/mol. The molecule has 0 radical (unpaired) electrons. The Hall–Kier alpha value is -0.220. The van der Waals surface area contributed by atoms with Gasteiger partial charge in [0.25, 0.3) is 0 Å². The largest absolute Gasteiger partial charge is 0.481 e. The summed E-state index contributed by atoms with van der Waals surface area (Å²) in [5.74, 6) is 0.349. The number of carboxylic acids is 1. The topological polar surface area (TPSA) is 40.5 Å². The molecule has 3 nitrogen and oxygen atoms in total. The third-order valence-electron chi connectivity index (χ3n) is 2.40. The van der Waals surface area contributed by atoms with Gasteiger partial charge in [-0.1, -0.05) is 0 Å². The first-order valence-corrected chi connectivity index (χ1v) is 5.65. The van der Waals surface area contributed by atoms with Gasteiger partial charge < -0.3 is 10.0 Å². The summed E-state index contributed by atoms with van der Waals surface area (Å²) in [6.07, 6.45) is 1.95. The van der Waals surface area contributed by atoms with Crippen molar-refractivity contribution in [2.75, 3.05) is 26.4 Å². The maximum atomic E-state index is 10.7. The second-order valence-electron chi connectivity index (χ2n) is 3.73. The number of nitrogens with zero attached hydrogens (tertiary/aromatic N) is 1. The van der Waals surface area contributed by atoms with Crippen molar-refractivity contribution in [3.8, 4) is 0 Å². The summed E-state index contributed by atoms with van der Waals surface area (Å²) in [7, 11) is 4.08. The van der Waals surface area contributed by atoms with Crippen LogP contribution in [-0.4, -0.2) is 47.6 Å². The van der Waals surface area contributed by atoms with Crippen LogP contribution in [0.3, 0.4) is 0 Å². The van der Waals surface area contributed by atoms with Crippen LogP contribution in [-0.2, 0) is 4.79 Å². The average Bonchev–Trinajstić information content (AvgIpc) is 1.93. The van der Waals surface area contributed by atoms with Crippen LogP contribution in [0.15, 0.2) is 0 Å². The molecule has 0 heterocycles. The lowest BCUT2D eigenvalue weighted by molar-refractivity contribution is -0.144. The van der Waals surface area contributed by atoms with Crippen LogP contribution in [0.5, 0.6) is 0 Å². The van der Waals surface area contributed by atoms with Crippen molar-refractivity contribution < 1.29 is 9.90 Å². The Morgan fingerprint density at radius 2 is 2.23 bits per heavy atom. The maximum Gasteiger partial charge on any atom is 0.307 e. The first kappa shape index (κ1) is 10.9. The Morgan fingerprint density at radius 1 is 1.54 bits per heavy atom. The number of carbonyl (C=O) groups is 1. The Balaban J connectivity index is 2.12. The monoisotopic (exact) mass is 203 g/mol. The lowest BCUT2D eigenvalue weighted by Gasteiger charge is -2.32. The number of thioether (sulfide) groups is 1. The molecule has 0 aromatic heterocycles. The molecule has 0 amide bonds. The molecule has 1 fully saturated rings. The number of rotatable bonds is 5. The first-order chi connectivity index (χ1) is 6.11. The number of hydrogen-bond acceptors (Lipinski definition) is 3. The molecule has 0 bridgehead atoms. The lowest BCUT2D eigenvalue weighted by Crippen LogP contribution is -2.35. The molecule has 0 aromatic carbocycles. The molecule has 1 aliphatic rings. The van der Waals surface area contributed by atoms with E-state index >= 15 is 0 Å². The minimum absolute atomic E-state index is 0.0767. The van der Waals surface area contributed by atoms with Gasteiger partial charge in [-0.2, -0.15) is 11.8 Å². The van der Waals surface area contributed by atoms with Crippen LogP contribution >= 0.6 is 11.8 Å². The van der Waals surface area contributed by atoms with E-state index in [4.69, 9.17) is 5.11 Å². The van der Waals surface area contributed by atoms with Crippen molar-refractivity contribution in [1.82, 2.24) is 4.90 Å². The summed E-state index contributed by atoms with van der Waals surface area (Å²) in [6, 6.07) is 0. The van der Waals surface area contributed by atoms with Crippen LogP contribution in [0, 0.1) is 5.92 Å². The van der Waals surface area contributed by atoms with E-state index in [1.54, 1.807) is 11.8 Å². The van der Waals surface area contributed by atoms with E-state index in [1.165, 1.54) is 0 Å². The van der Waals surface area contributed by atoms with Crippen LogP contribution in [0.1, 0.15) is 12.8 Å². The van der Waals surface area contributed by atoms with Gasteiger partial charge in [-0.3, -0.25) is 4.79 Å². The predicted molar refractivity (Wildman–Crippen MR) is 55.2 cm³/mol. The Morgan fingerprint density at radius 3 is 2.62 bits per heavy atom. The molecule has 0 spiro atoms. The predicted octanol–water partition coefficient (Wildman–Crippen LogP) is 1.14. The fourth-order valence-corrected chi connectivity index (χ4v) is 2.90. The molecule has 1 rings (SSSR count). The molecular formula is C9H17NO2S. The highest BCUT2D eigenvalue weighted by Crippen LogP contribution is 2.37. The third kappa shape index (κ3) is 3.19. The lowest BCUT2D eigenvalue weighted by atomic mass is 9.85. The summed E-state index contributed by atoms with van der Waals surface area (Å²) in [6.45, 7) is 1.04. The third-order valence-corrected chi connectivity index (χ3v) is 3.81. The Bertz CT molecular complexity index is 184. The van der Waals surface area contributed by atoms with Crippen molar-refractivity contribution in [1.29, 1.82) is 0 Å². The highest BCUT2D eigenvalue weighted by Gasteiger charge is 2.36. The molecule has 0 saturated heterocycles. The molecule has 2 atom stereocenters. The summed E-state index contributed by atoms with van der Waals surface area (Å²) in [5.41, 5.74) is 0. The molecule has 1 aliphatic carbocycles. The molecule has 1 N–H and O–H groups in total.